The molecule has 7 nitrogen and oxygen atoms in total. The summed E-state index contributed by atoms with van der Waals surface area (Å²) in [6, 6.07) is 6.86. The molecule has 3 rings (SSSR count). The van der Waals surface area contributed by atoms with Crippen LogP contribution >= 0.6 is 0 Å². The Morgan fingerprint density at radius 3 is 2.42 bits per heavy atom. The molecule has 0 spiro atoms. The first-order valence-electron chi connectivity index (χ1n) is 9.02. The van der Waals surface area contributed by atoms with Crippen molar-refractivity contribution >= 4 is 17.8 Å². The highest BCUT2D eigenvalue weighted by Crippen LogP contribution is 2.30. The second-order valence-corrected chi connectivity index (χ2v) is 7.55. The Bertz CT molecular complexity index is 725. The topological polar surface area (TPSA) is 105 Å². The van der Waals surface area contributed by atoms with Gasteiger partial charge in [-0.05, 0) is 32.3 Å². The maximum Gasteiger partial charge on any atom is 0.325 e. The van der Waals surface area contributed by atoms with Crippen LogP contribution in [0.1, 0.15) is 43.7 Å². The average Bonchev–Trinajstić information content (AvgIpc) is 3.15. The quantitative estimate of drug-likeness (QED) is 0.687. The fourth-order valence-corrected chi connectivity index (χ4v) is 3.83. The second kappa shape index (κ2) is 6.72. The lowest BCUT2D eigenvalue weighted by molar-refractivity contribution is -0.135. The maximum atomic E-state index is 12.9. The SMILES string of the molecule is Cc1ccc(C2(C)NC(=O)N(CC(=O)NC3(CN)CCCC3)C2=O)cc1. The van der Waals surface area contributed by atoms with Gasteiger partial charge in [0.05, 0.1) is 5.54 Å². The molecule has 1 saturated heterocycles. The van der Waals surface area contributed by atoms with Gasteiger partial charge in [0, 0.05) is 6.54 Å². The number of aryl methyl sites for hydroxylation is 1. The molecule has 0 bridgehead atoms. The lowest BCUT2D eigenvalue weighted by Gasteiger charge is -2.29. The van der Waals surface area contributed by atoms with E-state index in [4.69, 9.17) is 5.73 Å². The minimum atomic E-state index is -1.16. The number of imide groups is 1. The zero-order chi connectivity index (χ0) is 18.9. The molecule has 0 aromatic heterocycles. The molecule has 2 fully saturated rings. The largest absolute Gasteiger partial charge is 0.348 e. The summed E-state index contributed by atoms with van der Waals surface area (Å²) in [5.74, 6) is -0.774. The van der Waals surface area contributed by atoms with Gasteiger partial charge in [0.1, 0.15) is 12.1 Å². The molecule has 4 N–H and O–H groups in total. The Morgan fingerprint density at radius 1 is 1.23 bits per heavy atom. The molecule has 1 heterocycles. The van der Waals surface area contributed by atoms with Crippen LogP contribution in [0.5, 0.6) is 0 Å². The summed E-state index contributed by atoms with van der Waals surface area (Å²) in [4.78, 5) is 38.7. The number of benzene rings is 1. The van der Waals surface area contributed by atoms with E-state index in [0.29, 0.717) is 12.1 Å². The van der Waals surface area contributed by atoms with Crippen molar-refractivity contribution in [2.45, 2.75) is 50.6 Å². The fourth-order valence-electron chi connectivity index (χ4n) is 3.83. The highest BCUT2D eigenvalue weighted by Gasteiger charge is 2.49. The number of hydrogen-bond donors (Lipinski definition) is 3. The highest BCUT2D eigenvalue weighted by atomic mass is 16.2. The van der Waals surface area contributed by atoms with Gasteiger partial charge < -0.3 is 16.4 Å². The Balaban J connectivity index is 1.73. The molecule has 140 valence electrons. The van der Waals surface area contributed by atoms with Crippen LogP contribution in [0, 0.1) is 6.92 Å². The van der Waals surface area contributed by atoms with E-state index < -0.39 is 23.0 Å². The Kier molecular flexibility index (Phi) is 4.75. The smallest absolute Gasteiger partial charge is 0.325 e. The molecular weight excluding hydrogens is 332 g/mol. The van der Waals surface area contributed by atoms with Crippen molar-refractivity contribution < 1.29 is 14.4 Å². The number of hydrogen-bond acceptors (Lipinski definition) is 4. The van der Waals surface area contributed by atoms with E-state index in [9.17, 15) is 14.4 Å². The van der Waals surface area contributed by atoms with Crippen molar-refractivity contribution in [1.29, 1.82) is 0 Å². The summed E-state index contributed by atoms with van der Waals surface area (Å²) in [6.45, 7) is 3.68. The minimum absolute atomic E-state index is 0.298. The number of urea groups is 1. The number of nitrogens with one attached hydrogen (secondary N) is 2. The summed E-state index contributed by atoms with van der Waals surface area (Å²) in [5.41, 5.74) is 6.02. The molecule has 2 aliphatic rings. The van der Waals surface area contributed by atoms with Crippen molar-refractivity contribution in [3.8, 4) is 0 Å². The lowest BCUT2D eigenvalue weighted by Crippen LogP contribution is -2.54. The molecule has 4 amide bonds. The van der Waals surface area contributed by atoms with Crippen LogP contribution in [0.3, 0.4) is 0 Å². The fraction of sp³-hybridized carbons (Fsp3) is 0.526. The summed E-state index contributed by atoms with van der Waals surface area (Å²) in [5, 5.41) is 5.67. The molecule has 7 heteroatoms. The second-order valence-electron chi connectivity index (χ2n) is 7.55. The molecular formula is C19H26N4O3. The number of amides is 4. The van der Waals surface area contributed by atoms with Crippen LogP contribution in [0.4, 0.5) is 4.79 Å². The summed E-state index contributed by atoms with van der Waals surface area (Å²) >= 11 is 0. The van der Waals surface area contributed by atoms with Gasteiger partial charge in [0.25, 0.3) is 5.91 Å². The zero-order valence-corrected chi connectivity index (χ0v) is 15.3. The van der Waals surface area contributed by atoms with Crippen molar-refractivity contribution in [2.24, 2.45) is 5.73 Å². The minimum Gasteiger partial charge on any atom is -0.348 e. The van der Waals surface area contributed by atoms with Gasteiger partial charge in [-0.3, -0.25) is 14.5 Å². The van der Waals surface area contributed by atoms with Crippen molar-refractivity contribution in [3.63, 3.8) is 0 Å². The van der Waals surface area contributed by atoms with E-state index in [-0.39, 0.29) is 12.5 Å². The van der Waals surface area contributed by atoms with Crippen molar-refractivity contribution in [1.82, 2.24) is 15.5 Å². The molecule has 1 aromatic rings. The molecule has 26 heavy (non-hydrogen) atoms. The Morgan fingerprint density at radius 2 is 1.85 bits per heavy atom. The van der Waals surface area contributed by atoms with Crippen LogP contribution in [0.15, 0.2) is 24.3 Å². The van der Waals surface area contributed by atoms with E-state index >= 15 is 0 Å². The summed E-state index contributed by atoms with van der Waals surface area (Å²) < 4.78 is 0. The molecule has 1 aromatic carbocycles. The van der Waals surface area contributed by atoms with Crippen LogP contribution in [0.2, 0.25) is 0 Å². The lowest BCUT2D eigenvalue weighted by atomic mass is 9.91. The molecule has 1 aliphatic carbocycles. The molecule has 1 saturated carbocycles. The van der Waals surface area contributed by atoms with Crippen LogP contribution in [-0.4, -0.2) is 41.4 Å². The average molecular weight is 358 g/mol. The first kappa shape index (κ1) is 18.4. The van der Waals surface area contributed by atoms with Gasteiger partial charge in [-0.25, -0.2) is 4.79 Å². The number of carbonyl (C=O) groups is 3. The zero-order valence-electron chi connectivity index (χ0n) is 15.3. The molecule has 1 atom stereocenters. The van der Waals surface area contributed by atoms with Gasteiger partial charge in [0.15, 0.2) is 0 Å². The standard InChI is InChI=1S/C19H26N4O3/c1-13-5-7-14(8-6-13)18(2)16(25)23(17(26)22-18)11-15(24)21-19(12-20)9-3-4-10-19/h5-8H,3-4,9-12,20H2,1-2H3,(H,21,24)(H,22,26). The van der Waals surface area contributed by atoms with Crippen LogP contribution in [-0.2, 0) is 15.1 Å². The Hall–Kier alpha value is -2.41. The molecule has 0 radical (unpaired) electrons. The van der Waals surface area contributed by atoms with E-state index in [1.807, 2.05) is 31.2 Å². The third-order valence-corrected chi connectivity index (χ3v) is 5.56. The van der Waals surface area contributed by atoms with Crippen LogP contribution in [0.25, 0.3) is 0 Å². The Labute approximate surface area is 153 Å². The van der Waals surface area contributed by atoms with Gasteiger partial charge in [-0.1, -0.05) is 42.7 Å². The molecule has 1 aliphatic heterocycles. The van der Waals surface area contributed by atoms with E-state index in [0.717, 1.165) is 36.1 Å². The number of nitrogens with two attached hydrogens (primary N) is 1. The van der Waals surface area contributed by atoms with E-state index in [2.05, 4.69) is 10.6 Å². The maximum absolute atomic E-state index is 12.9. The summed E-state index contributed by atoms with van der Waals surface area (Å²) in [7, 11) is 0. The van der Waals surface area contributed by atoms with Crippen LogP contribution < -0.4 is 16.4 Å². The number of carbonyl (C=O) groups excluding carboxylic acids is 3. The normalized spacial score (nSPS) is 24.7. The third-order valence-electron chi connectivity index (χ3n) is 5.56. The predicted octanol–water partition coefficient (Wildman–Crippen LogP) is 1.15. The number of nitrogens with zero attached hydrogens (tertiary/aromatic N) is 1. The predicted molar refractivity (Wildman–Crippen MR) is 97.2 cm³/mol. The van der Waals surface area contributed by atoms with Gasteiger partial charge >= 0.3 is 6.03 Å². The van der Waals surface area contributed by atoms with Gasteiger partial charge in [-0.15, -0.1) is 0 Å². The van der Waals surface area contributed by atoms with E-state index in [1.165, 1.54) is 0 Å². The summed E-state index contributed by atoms with van der Waals surface area (Å²) in [6.07, 6.45) is 3.70. The number of rotatable bonds is 5. The monoisotopic (exact) mass is 358 g/mol. The first-order chi connectivity index (χ1) is 12.3. The highest BCUT2D eigenvalue weighted by molar-refractivity contribution is 6.09. The van der Waals surface area contributed by atoms with Gasteiger partial charge in [0.2, 0.25) is 5.91 Å². The first-order valence-corrected chi connectivity index (χ1v) is 9.02. The third kappa shape index (κ3) is 3.19. The van der Waals surface area contributed by atoms with Crippen molar-refractivity contribution in [3.05, 3.63) is 35.4 Å². The molecule has 1 unspecified atom stereocenters. The van der Waals surface area contributed by atoms with E-state index in [1.54, 1.807) is 6.92 Å². The van der Waals surface area contributed by atoms with Crippen molar-refractivity contribution in [2.75, 3.05) is 13.1 Å². The van der Waals surface area contributed by atoms with Gasteiger partial charge in [-0.2, -0.15) is 0 Å².